The molecule has 2 heteroatoms. The molecule has 0 aromatic carbocycles. The molecule has 0 spiro atoms. The van der Waals surface area contributed by atoms with Gasteiger partial charge >= 0.3 is 0 Å². The molecule has 0 N–H and O–H groups in total. The summed E-state index contributed by atoms with van der Waals surface area (Å²) in [6.45, 7) is 16.0. The van der Waals surface area contributed by atoms with Crippen molar-refractivity contribution in [3.63, 3.8) is 0 Å². The second kappa shape index (κ2) is 4.96. The van der Waals surface area contributed by atoms with Crippen molar-refractivity contribution in [2.75, 3.05) is 6.61 Å². The van der Waals surface area contributed by atoms with Gasteiger partial charge in [-0.3, -0.25) is 0 Å². The number of hydrogen-bond donors (Lipinski definition) is 0. The van der Waals surface area contributed by atoms with Crippen molar-refractivity contribution >= 4 is 8.32 Å². The molecular weight excluding hydrogens is 176 g/mol. The maximum atomic E-state index is 5.99. The fourth-order valence-corrected chi connectivity index (χ4v) is 1.86. The summed E-state index contributed by atoms with van der Waals surface area (Å²) in [5.41, 5.74) is 0. The molecule has 0 heterocycles. The van der Waals surface area contributed by atoms with E-state index in [1.54, 1.807) is 0 Å². The van der Waals surface area contributed by atoms with Crippen LogP contribution in [0.4, 0.5) is 0 Å². The van der Waals surface area contributed by atoms with Crippen molar-refractivity contribution in [3.05, 3.63) is 12.7 Å². The van der Waals surface area contributed by atoms with Gasteiger partial charge in [-0.05, 0) is 31.0 Å². The van der Waals surface area contributed by atoms with Gasteiger partial charge in [0.1, 0.15) is 0 Å². The predicted octanol–water partition coefficient (Wildman–Crippen LogP) is 3.97. The van der Waals surface area contributed by atoms with E-state index in [1.807, 2.05) is 6.08 Å². The molecule has 0 unspecified atom stereocenters. The molecule has 1 nitrogen and oxygen atoms in total. The Morgan fingerprint density at radius 3 is 2.23 bits per heavy atom. The minimum Gasteiger partial charge on any atom is -0.417 e. The van der Waals surface area contributed by atoms with Crippen LogP contribution in [-0.2, 0) is 4.43 Å². The minimum absolute atomic E-state index is 0.335. The van der Waals surface area contributed by atoms with E-state index < -0.39 is 8.32 Å². The second-order valence-corrected chi connectivity index (χ2v) is 9.85. The van der Waals surface area contributed by atoms with Gasteiger partial charge in [-0.1, -0.05) is 26.8 Å². The van der Waals surface area contributed by atoms with Crippen LogP contribution in [0.25, 0.3) is 0 Å². The van der Waals surface area contributed by atoms with E-state index >= 15 is 0 Å². The number of allylic oxidation sites excluding steroid dienone is 1. The summed E-state index contributed by atoms with van der Waals surface area (Å²) >= 11 is 0. The zero-order valence-electron chi connectivity index (χ0n) is 9.81. The zero-order chi connectivity index (χ0) is 10.5. The van der Waals surface area contributed by atoms with Crippen LogP contribution in [0.3, 0.4) is 0 Å². The Kier molecular flexibility index (Phi) is 4.93. The van der Waals surface area contributed by atoms with E-state index in [0.29, 0.717) is 5.04 Å². The summed E-state index contributed by atoms with van der Waals surface area (Å²) in [6.07, 6.45) is 4.12. The Balaban J connectivity index is 3.83. The van der Waals surface area contributed by atoms with Crippen molar-refractivity contribution in [2.45, 2.75) is 51.7 Å². The van der Waals surface area contributed by atoms with Gasteiger partial charge in [-0.25, -0.2) is 0 Å². The van der Waals surface area contributed by atoms with Crippen LogP contribution in [0.2, 0.25) is 18.1 Å². The van der Waals surface area contributed by atoms with Crippen molar-refractivity contribution in [1.29, 1.82) is 0 Å². The molecule has 0 aliphatic carbocycles. The third-order valence-corrected chi connectivity index (χ3v) is 7.36. The van der Waals surface area contributed by atoms with E-state index in [2.05, 4.69) is 40.4 Å². The summed E-state index contributed by atoms with van der Waals surface area (Å²) < 4.78 is 5.99. The van der Waals surface area contributed by atoms with Gasteiger partial charge < -0.3 is 4.43 Å². The lowest BCUT2D eigenvalue weighted by molar-refractivity contribution is 0.283. The van der Waals surface area contributed by atoms with Gasteiger partial charge in [0.15, 0.2) is 8.32 Å². The van der Waals surface area contributed by atoms with E-state index in [9.17, 15) is 0 Å². The molecule has 0 aromatic heterocycles. The van der Waals surface area contributed by atoms with Crippen LogP contribution in [0.5, 0.6) is 0 Å². The summed E-state index contributed by atoms with van der Waals surface area (Å²) in [7, 11) is -1.49. The molecule has 0 radical (unpaired) electrons. The first-order valence-corrected chi connectivity index (χ1v) is 7.97. The molecule has 0 bridgehead atoms. The normalized spacial score (nSPS) is 13.0. The first-order valence-electron chi connectivity index (χ1n) is 5.06. The lowest BCUT2D eigenvalue weighted by Crippen LogP contribution is -2.40. The fraction of sp³-hybridized carbons (Fsp3) is 0.818. The average Bonchev–Trinajstić information content (AvgIpc) is 1.96. The highest BCUT2D eigenvalue weighted by Crippen LogP contribution is 2.36. The van der Waals surface area contributed by atoms with E-state index in [0.717, 1.165) is 19.4 Å². The lowest BCUT2D eigenvalue weighted by atomic mass is 10.2. The largest absolute Gasteiger partial charge is 0.417 e. The molecule has 78 valence electrons. The number of rotatable bonds is 5. The maximum absolute atomic E-state index is 5.99. The quantitative estimate of drug-likeness (QED) is 0.371. The monoisotopic (exact) mass is 200 g/mol. The molecule has 0 aliphatic heterocycles. The number of unbranched alkanes of at least 4 members (excludes halogenated alkanes) is 1. The molecule has 0 aromatic rings. The average molecular weight is 200 g/mol. The molecule has 13 heavy (non-hydrogen) atoms. The second-order valence-electron chi connectivity index (χ2n) is 5.04. The van der Waals surface area contributed by atoms with Crippen molar-refractivity contribution in [3.8, 4) is 0 Å². The Bertz CT molecular complexity index is 156. The Morgan fingerprint density at radius 1 is 1.31 bits per heavy atom. The molecule has 0 amide bonds. The maximum Gasteiger partial charge on any atom is 0.191 e. The Morgan fingerprint density at radius 2 is 1.85 bits per heavy atom. The van der Waals surface area contributed by atoms with Crippen LogP contribution in [-0.4, -0.2) is 14.9 Å². The first kappa shape index (κ1) is 12.9. The molecule has 0 aliphatic rings. The standard InChI is InChI=1S/C11H24OSi/c1-7-8-9-10-12-13(5,6)11(2,3)4/h7H,1,8-10H2,2-6H3. The van der Waals surface area contributed by atoms with Crippen LogP contribution in [0.1, 0.15) is 33.6 Å². The van der Waals surface area contributed by atoms with E-state index in [1.165, 1.54) is 0 Å². The molecule has 0 saturated carbocycles. The topological polar surface area (TPSA) is 9.23 Å². The zero-order valence-corrected chi connectivity index (χ0v) is 10.8. The summed E-state index contributed by atoms with van der Waals surface area (Å²) in [4.78, 5) is 0. The smallest absolute Gasteiger partial charge is 0.191 e. The summed E-state index contributed by atoms with van der Waals surface area (Å²) in [5.74, 6) is 0. The van der Waals surface area contributed by atoms with Crippen molar-refractivity contribution in [1.82, 2.24) is 0 Å². The molecular formula is C11H24OSi. The van der Waals surface area contributed by atoms with Crippen LogP contribution in [0, 0.1) is 0 Å². The highest BCUT2D eigenvalue weighted by molar-refractivity contribution is 6.74. The van der Waals surface area contributed by atoms with Gasteiger partial charge in [0.2, 0.25) is 0 Å². The Hall–Kier alpha value is -0.0831. The lowest BCUT2D eigenvalue weighted by Gasteiger charge is -2.36. The van der Waals surface area contributed by atoms with Gasteiger partial charge in [-0.15, -0.1) is 6.58 Å². The summed E-state index contributed by atoms with van der Waals surface area (Å²) in [5, 5.41) is 0.335. The highest BCUT2D eigenvalue weighted by Gasteiger charge is 2.36. The van der Waals surface area contributed by atoms with Gasteiger partial charge in [0, 0.05) is 6.61 Å². The van der Waals surface area contributed by atoms with E-state index in [4.69, 9.17) is 4.43 Å². The van der Waals surface area contributed by atoms with Gasteiger partial charge in [0.05, 0.1) is 0 Å². The summed E-state index contributed by atoms with van der Waals surface area (Å²) in [6, 6.07) is 0. The minimum atomic E-state index is -1.49. The third-order valence-electron chi connectivity index (χ3n) is 2.82. The van der Waals surface area contributed by atoms with Crippen LogP contribution < -0.4 is 0 Å². The predicted molar refractivity (Wildman–Crippen MR) is 62.6 cm³/mol. The van der Waals surface area contributed by atoms with Gasteiger partial charge in [0.25, 0.3) is 0 Å². The molecule has 0 atom stereocenters. The van der Waals surface area contributed by atoms with E-state index in [-0.39, 0.29) is 0 Å². The molecule has 0 rings (SSSR count). The van der Waals surface area contributed by atoms with Crippen molar-refractivity contribution < 1.29 is 4.43 Å². The SMILES string of the molecule is C=CCCCO[Si](C)(C)C(C)(C)C. The molecule has 0 fully saturated rings. The van der Waals surface area contributed by atoms with Crippen molar-refractivity contribution in [2.24, 2.45) is 0 Å². The van der Waals surface area contributed by atoms with Crippen LogP contribution in [0.15, 0.2) is 12.7 Å². The number of hydrogen-bond acceptors (Lipinski definition) is 1. The molecule has 0 saturated heterocycles. The van der Waals surface area contributed by atoms with Crippen LogP contribution >= 0.6 is 0 Å². The highest BCUT2D eigenvalue weighted by atomic mass is 28.4. The first-order chi connectivity index (χ1) is 5.81. The van der Waals surface area contributed by atoms with Gasteiger partial charge in [-0.2, -0.15) is 0 Å². The Labute approximate surface area is 84.3 Å². The fourth-order valence-electron chi connectivity index (χ4n) is 0.772. The third kappa shape index (κ3) is 4.63.